The molecule has 2 amide bonds. The van der Waals surface area contributed by atoms with Crippen LogP contribution in [0.1, 0.15) is 98.1 Å². The van der Waals surface area contributed by atoms with Crippen molar-refractivity contribution < 1.29 is 50.2 Å². The molecule has 2 aliphatic heterocycles. The Kier molecular flexibility index (Phi) is 11.8. The van der Waals surface area contributed by atoms with Crippen LogP contribution in [0.4, 0.5) is 26.3 Å². The summed E-state index contributed by atoms with van der Waals surface area (Å²) in [5.74, 6) is -1.44. The van der Waals surface area contributed by atoms with Crippen molar-refractivity contribution in [2.75, 3.05) is 19.6 Å². The zero-order chi connectivity index (χ0) is 40.5. The van der Waals surface area contributed by atoms with Crippen molar-refractivity contribution in [3.05, 3.63) is 75.7 Å². The number of carbonyl (C=O) groups excluding carboxylic acids is 3. The van der Waals surface area contributed by atoms with Gasteiger partial charge in [-0.05, 0) is 70.1 Å². The number of pyridine rings is 1. The minimum atomic E-state index is -4.91. The number of ketones is 1. The van der Waals surface area contributed by atoms with Gasteiger partial charge >= 0.3 is 12.4 Å². The van der Waals surface area contributed by atoms with E-state index in [9.17, 15) is 41.2 Å². The molecule has 300 valence electrons. The van der Waals surface area contributed by atoms with Crippen LogP contribution in [0.5, 0.6) is 11.5 Å². The number of piperidine rings is 2. The van der Waals surface area contributed by atoms with Crippen molar-refractivity contribution in [2.45, 2.75) is 107 Å². The number of nitriles is 1. The van der Waals surface area contributed by atoms with Crippen LogP contribution in [-0.2, 0) is 27.4 Å². The highest BCUT2D eigenvalue weighted by Crippen LogP contribution is 2.45. The highest BCUT2D eigenvalue weighted by Gasteiger charge is 2.57. The topological polar surface area (TPSA) is 113 Å². The van der Waals surface area contributed by atoms with Crippen LogP contribution in [0.15, 0.2) is 54.0 Å². The van der Waals surface area contributed by atoms with Crippen molar-refractivity contribution in [3.8, 4) is 17.6 Å². The third-order valence-electron chi connectivity index (χ3n) is 11.3. The van der Waals surface area contributed by atoms with E-state index in [1.807, 2.05) is 6.07 Å². The standard InChI is InChI=1S/C40H42F6N4O5S/c1-3-8-32-38(55-28-22-33(56-23-28)40(44,45)46,14-7-18-50(32)35(52)34-30(39(41,42)43)10-6-17-48-34)36(53)49-19-15-37(24-47,16-20-49)29-9-4-5-11-31(29)54-27-13-12-26(21-27)25(2)51/h4-6,9-11,17,22-23,26-27,32H,3,7-8,12-16,18-21H2,1-2H3/t26-,27-,32-,38+/m1/s1. The first-order valence-corrected chi connectivity index (χ1v) is 19.6. The Morgan fingerprint density at radius 3 is 2.36 bits per heavy atom. The summed E-state index contributed by atoms with van der Waals surface area (Å²) in [4.78, 5) is 46.6. The van der Waals surface area contributed by atoms with Gasteiger partial charge in [0.2, 0.25) is 5.60 Å². The number of benzene rings is 1. The fourth-order valence-corrected chi connectivity index (χ4v) is 9.11. The SMILES string of the molecule is CCC[C@H]1N(C(=O)c2ncccc2C(F)(F)F)CCC[C@@]1(Oc1csc(C(F)(F)F)c1)C(=O)N1CCC(C#N)(c2ccccc2O[C@@H]2CC[C@@H](C(C)=O)C2)CC1. The van der Waals surface area contributed by atoms with Crippen molar-refractivity contribution in [1.29, 1.82) is 5.26 Å². The lowest BCUT2D eigenvalue weighted by atomic mass is 9.72. The second kappa shape index (κ2) is 16.1. The van der Waals surface area contributed by atoms with Crippen LogP contribution >= 0.6 is 11.3 Å². The molecule has 0 spiro atoms. The minimum absolute atomic E-state index is 0.0321. The molecule has 9 nitrogen and oxygen atoms in total. The largest absolute Gasteiger partial charge is 0.490 e. The Balaban J connectivity index is 1.33. The van der Waals surface area contributed by atoms with E-state index in [2.05, 4.69) is 11.1 Å². The van der Waals surface area contributed by atoms with E-state index < -0.39 is 57.4 Å². The van der Waals surface area contributed by atoms with Gasteiger partial charge in [0.1, 0.15) is 27.9 Å². The van der Waals surface area contributed by atoms with E-state index in [1.165, 1.54) is 4.90 Å². The first-order valence-electron chi connectivity index (χ1n) is 18.7. The summed E-state index contributed by atoms with van der Waals surface area (Å²) in [6, 6.07) is 11.0. The molecular formula is C40H42F6N4O5S. The maximum absolute atomic E-state index is 15.0. The molecule has 2 saturated heterocycles. The number of halogens is 6. The van der Waals surface area contributed by atoms with E-state index >= 15 is 4.79 Å². The van der Waals surface area contributed by atoms with Crippen LogP contribution in [-0.4, -0.2) is 69.8 Å². The monoisotopic (exact) mass is 804 g/mol. The van der Waals surface area contributed by atoms with Gasteiger partial charge in [-0.2, -0.15) is 31.6 Å². The number of rotatable bonds is 10. The number of likely N-dealkylation sites (tertiary alicyclic amines) is 2. The molecule has 4 atom stereocenters. The molecule has 0 radical (unpaired) electrons. The van der Waals surface area contributed by atoms with E-state index in [0.717, 1.165) is 34.7 Å². The van der Waals surface area contributed by atoms with Gasteiger partial charge in [-0.1, -0.05) is 31.5 Å². The number of amides is 2. The van der Waals surface area contributed by atoms with Crippen molar-refractivity contribution >= 4 is 28.9 Å². The summed E-state index contributed by atoms with van der Waals surface area (Å²) in [6.07, 6.45) is -5.99. The molecule has 4 heterocycles. The molecular weight excluding hydrogens is 763 g/mol. The highest BCUT2D eigenvalue weighted by molar-refractivity contribution is 7.10. The average molecular weight is 805 g/mol. The van der Waals surface area contributed by atoms with Crippen molar-refractivity contribution in [1.82, 2.24) is 14.8 Å². The summed E-state index contributed by atoms with van der Waals surface area (Å²) in [5, 5.41) is 11.8. The maximum atomic E-state index is 15.0. The van der Waals surface area contributed by atoms with Crippen molar-refractivity contribution in [3.63, 3.8) is 0 Å². The summed E-state index contributed by atoms with van der Waals surface area (Å²) in [6.45, 7) is 3.34. The van der Waals surface area contributed by atoms with E-state index in [1.54, 1.807) is 32.0 Å². The van der Waals surface area contributed by atoms with Gasteiger partial charge in [0.05, 0.1) is 29.2 Å². The Hall–Kier alpha value is -4.65. The fourth-order valence-electron chi connectivity index (χ4n) is 8.44. The number of nitrogens with zero attached hydrogens (tertiary/aromatic N) is 4. The number of aromatic nitrogens is 1. The van der Waals surface area contributed by atoms with Gasteiger partial charge in [0, 0.05) is 55.2 Å². The summed E-state index contributed by atoms with van der Waals surface area (Å²) < 4.78 is 96.2. The Morgan fingerprint density at radius 1 is 1.00 bits per heavy atom. The van der Waals surface area contributed by atoms with Gasteiger partial charge in [-0.25, -0.2) is 0 Å². The molecule has 3 fully saturated rings. The van der Waals surface area contributed by atoms with Crippen molar-refractivity contribution in [2.24, 2.45) is 5.92 Å². The summed E-state index contributed by atoms with van der Waals surface area (Å²) >= 11 is 0.373. The summed E-state index contributed by atoms with van der Waals surface area (Å²) in [7, 11) is 0. The number of Topliss-reactive ketones (excluding diaryl/α,β-unsaturated/α-hetero) is 1. The van der Waals surface area contributed by atoms with E-state index in [4.69, 9.17) is 9.47 Å². The van der Waals surface area contributed by atoms with E-state index in [0.29, 0.717) is 48.3 Å². The molecule has 6 rings (SSSR count). The second-order valence-electron chi connectivity index (χ2n) is 14.8. The lowest BCUT2D eigenvalue weighted by Gasteiger charge is -2.51. The molecule has 3 aromatic rings. The Bertz CT molecular complexity index is 1970. The lowest BCUT2D eigenvalue weighted by Crippen LogP contribution is -2.68. The molecule has 1 aliphatic carbocycles. The van der Waals surface area contributed by atoms with Crippen LogP contribution < -0.4 is 9.47 Å². The summed E-state index contributed by atoms with van der Waals surface area (Å²) in [5.41, 5.74) is -4.54. The Labute approximate surface area is 324 Å². The maximum Gasteiger partial charge on any atom is 0.425 e. The minimum Gasteiger partial charge on any atom is -0.490 e. The average Bonchev–Trinajstić information content (AvgIpc) is 3.85. The fraction of sp³-hybridized carbons (Fsp3) is 0.525. The molecule has 3 aliphatic rings. The van der Waals surface area contributed by atoms with Gasteiger partial charge in [0.15, 0.2) is 0 Å². The molecule has 2 aromatic heterocycles. The van der Waals surface area contributed by atoms with Gasteiger partial charge in [-0.3, -0.25) is 19.4 Å². The van der Waals surface area contributed by atoms with Gasteiger partial charge in [0.25, 0.3) is 11.8 Å². The number of hydrogen-bond acceptors (Lipinski definition) is 8. The van der Waals surface area contributed by atoms with Gasteiger partial charge < -0.3 is 19.3 Å². The number of para-hydroxylation sites is 1. The number of ether oxygens (including phenoxy) is 2. The van der Waals surface area contributed by atoms with E-state index in [-0.39, 0.29) is 75.3 Å². The Morgan fingerprint density at radius 2 is 1.73 bits per heavy atom. The highest BCUT2D eigenvalue weighted by atomic mass is 32.1. The zero-order valence-electron chi connectivity index (χ0n) is 30.9. The molecule has 1 aromatic carbocycles. The smallest absolute Gasteiger partial charge is 0.425 e. The molecule has 0 N–H and O–H groups in total. The number of thiophene rings is 1. The number of carbonyl (C=O) groups is 3. The predicted octanol–water partition coefficient (Wildman–Crippen LogP) is 8.62. The zero-order valence-corrected chi connectivity index (χ0v) is 31.7. The normalized spacial score (nSPS) is 24.0. The predicted molar refractivity (Wildman–Crippen MR) is 193 cm³/mol. The molecule has 1 saturated carbocycles. The van der Waals surface area contributed by atoms with Gasteiger partial charge in [-0.15, -0.1) is 11.3 Å². The van der Waals surface area contributed by atoms with Crippen LogP contribution in [0.2, 0.25) is 0 Å². The molecule has 0 unspecified atom stereocenters. The van der Waals surface area contributed by atoms with Crippen LogP contribution in [0.3, 0.4) is 0 Å². The molecule has 56 heavy (non-hydrogen) atoms. The first kappa shape index (κ1) is 41.0. The molecule has 16 heteroatoms. The lowest BCUT2D eigenvalue weighted by molar-refractivity contribution is -0.160. The molecule has 0 bridgehead atoms. The second-order valence-corrected chi connectivity index (χ2v) is 15.7. The van der Waals surface area contributed by atoms with Crippen LogP contribution in [0.25, 0.3) is 0 Å². The number of hydrogen-bond donors (Lipinski definition) is 0. The third-order valence-corrected chi connectivity index (χ3v) is 12.2. The van der Waals surface area contributed by atoms with Crippen LogP contribution in [0, 0.1) is 17.2 Å². The third kappa shape index (κ3) is 8.10. The quantitative estimate of drug-likeness (QED) is 0.189. The first-order chi connectivity index (χ1) is 26.5. The number of alkyl halides is 6.